The third kappa shape index (κ3) is 2.86. The predicted octanol–water partition coefficient (Wildman–Crippen LogP) is 1.56. The summed E-state index contributed by atoms with van der Waals surface area (Å²) in [5, 5.41) is 9.21. The topological polar surface area (TPSA) is 66.8 Å². The lowest BCUT2D eigenvalue weighted by Gasteiger charge is -2.23. The molecule has 1 unspecified atom stereocenters. The lowest BCUT2D eigenvalue weighted by molar-refractivity contribution is -0.147. The molecule has 0 aliphatic carbocycles. The van der Waals surface area contributed by atoms with Crippen LogP contribution in [-0.2, 0) is 9.53 Å². The number of hydrogen-bond acceptors (Lipinski definition) is 4. The zero-order valence-electron chi connectivity index (χ0n) is 10.8. The van der Waals surface area contributed by atoms with E-state index >= 15 is 0 Å². The number of hydrogen-bond donors (Lipinski definition) is 1. The standard InChI is InChI=1S/C14H17NO4/c1-2-19-14(18)12-4-3-9-15(12)13(17)10-5-7-11(16)8-6-10/h5-8,12,16H,2-4,9H2,1H3. The van der Waals surface area contributed by atoms with Gasteiger partial charge in [0.05, 0.1) is 6.61 Å². The number of aromatic hydroxyl groups is 1. The number of nitrogens with zero attached hydrogens (tertiary/aromatic N) is 1. The molecule has 1 atom stereocenters. The van der Waals surface area contributed by atoms with Gasteiger partial charge >= 0.3 is 5.97 Å². The van der Waals surface area contributed by atoms with Gasteiger partial charge in [0, 0.05) is 12.1 Å². The molecule has 0 radical (unpaired) electrons. The van der Waals surface area contributed by atoms with Gasteiger partial charge in [-0.1, -0.05) is 0 Å². The number of rotatable bonds is 3. The van der Waals surface area contributed by atoms with E-state index < -0.39 is 6.04 Å². The van der Waals surface area contributed by atoms with Gasteiger partial charge in [0.2, 0.25) is 0 Å². The Hall–Kier alpha value is -2.04. The van der Waals surface area contributed by atoms with Gasteiger partial charge in [0.1, 0.15) is 11.8 Å². The van der Waals surface area contributed by atoms with Crippen molar-refractivity contribution >= 4 is 11.9 Å². The Morgan fingerprint density at radius 1 is 1.37 bits per heavy atom. The fraction of sp³-hybridized carbons (Fsp3) is 0.429. The van der Waals surface area contributed by atoms with Gasteiger partial charge in [0.15, 0.2) is 0 Å². The maximum absolute atomic E-state index is 12.3. The van der Waals surface area contributed by atoms with Crippen molar-refractivity contribution in [3.05, 3.63) is 29.8 Å². The van der Waals surface area contributed by atoms with Crippen molar-refractivity contribution in [2.24, 2.45) is 0 Å². The van der Waals surface area contributed by atoms with Crippen molar-refractivity contribution in [1.29, 1.82) is 0 Å². The number of phenols is 1. The Morgan fingerprint density at radius 2 is 2.05 bits per heavy atom. The van der Waals surface area contributed by atoms with E-state index in [1.54, 1.807) is 24.0 Å². The molecule has 1 aliphatic heterocycles. The van der Waals surface area contributed by atoms with Gasteiger partial charge in [-0.25, -0.2) is 4.79 Å². The van der Waals surface area contributed by atoms with Crippen LogP contribution in [0.2, 0.25) is 0 Å². The van der Waals surface area contributed by atoms with E-state index in [9.17, 15) is 14.7 Å². The van der Waals surface area contributed by atoms with Crippen LogP contribution in [0.25, 0.3) is 0 Å². The van der Waals surface area contributed by atoms with E-state index in [0.717, 1.165) is 6.42 Å². The molecule has 1 heterocycles. The predicted molar refractivity (Wildman–Crippen MR) is 68.8 cm³/mol. The van der Waals surface area contributed by atoms with E-state index in [1.807, 2.05) is 0 Å². The molecule has 2 rings (SSSR count). The number of amides is 1. The minimum absolute atomic E-state index is 0.111. The molecule has 5 heteroatoms. The first-order valence-electron chi connectivity index (χ1n) is 6.40. The molecule has 1 aromatic carbocycles. The maximum atomic E-state index is 12.3. The van der Waals surface area contributed by atoms with Gasteiger partial charge in [0.25, 0.3) is 5.91 Å². The molecule has 0 saturated carbocycles. The van der Waals surface area contributed by atoms with Crippen LogP contribution in [0, 0.1) is 0 Å². The Kier molecular flexibility index (Phi) is 4.04. The Morgan fingerprint density at radius 3 is 2.68 bits per heavy atom. The van der Waals surface area contributed by atoms with E-state index in [4.69, 9.17) is 4.74 Å². The molecule has 0 bridgehead atoms. The lowest BCUT2D eigenvalue weighted by atomic mass is 10.1. The van der Waals surface area contributed by atoms with Crippen LogP contribution in [0.15, 0.2) is 24.3 Å². The minimum Gasteiger partial charge on any atom is -0.508 e. The van der Waals surface area contributed by atoms with Gasteiger partial charge < -0.3 is 14.7 Å². The largest absolute Gasteiger partial charge is 0.508 e. The summed E-state index contributed by atoms with van der Waals surface area (Å²) < 4.78 is 4.99. The quantitative estimate of drug-likeness (QED) is 0.840. The van der Waals surface area contributed by atoms with Crippen LogP contribution in [0.4, 0.5) is 0 Å². The highest BCUT2D eigenvalue weighted by molar-refractivity contribution is 5.97. The molecular weight excluding hydrogens is 246 g/mol. The summed E-state index contributed by atoms with van der Waals surface area (Å²) in [6.45, 7) is 2.62. The summed E-state index contributed by atoms with van der Waals surface area (Å²) in [4.78, 5) is 25.6. The summed E-state index contributed by atoms with van der Waals surface area (Å²) in [6.07, 6.45) is 1.44. The molecule has 1 saturated heterocycles. The van der Waals surface area contributed by atoms with Crippen molar-refractivity contribution in [2.45, 2.75) is 25.8 Å². The summed E-state index contributed by atoms with van der Waals surface area (Å²) in [5.41, 5.74) is 0.467. The highest BCUT2D eigenvalue weighted by atomic mass is 16.5. The Balaban J connectivity index is 2.13. The zero-order chi connectivity index (χ0) is 13.8. The first-order valence-corrected chi connectivity index (χ1v) is 6.40. The molecule has 1 amide bonds. The van der Waals surface area contributed by atoms with Crippen LogP contribution in [0.3, 0.4) is 0 Å². The van der Waals surface area contributed by atoms with Gasteiger partial charge in [-0.2, -0.15) is 0 Å². The van der Waals surface area contributed by atoms with E-state index in [-0.39, 0.29) is 17.6 Å². The molecule has 1 fully saturated rings. The molecule has 5 nitrogen and oxygen atoms in total. The smallest absolute Gasteiger partial charge is 0.328 e. The average molecular weight is 263 g/mol. The van der Waals surface area contributed by atoms with Crippen molar-refractivity contribution in [2.75, 3.05) is 13.2 Å². The van der Waals surface area contributed by atoms with Gasteiger partial charge in [-0.15, -0.1) is 0 Å². The summed E-state index contributed by atoms with van der Waals surface area (Å²) in [5.74, 6) is -0.428. The minimum atomic E-state index is -0.485. The molecule has 102 valence electrons. The van der Waals surface area contributed by atoms with Crippen molar-refractivity contribution in [1.82, 2.24) is 4.90 Å². The molecular formula is C14H17NO4. The van der Waals surface area contributed by atoms with Crippen molar-refractivity contribution in [3.63, 3.8) is 0 Å². The second-order valence-corrected chi connectivity index (χ2v) is 4.46. The second kappa shape index (κ2) is 5.73. The first kappa shape index (κ1) is 13.4. The molecule has 19 heavy (non-hydrogen) atoms. The Labute approximate surface area is 111 Å². The zero-order valence-corrected chi connectivity index (χ0v) is 10.8. The fourth-order valence-electron chi connectivity index (χ4n) is 2.26. The first-order chi connectivity index (χ1) is 9.13. The lowest BCUT2D eigenvalue weighted by Crippen LogP contribution is -2.41. The fourth-order valence-corrected chi connectivity index (χ4v) is 2.26. The third-order valence-electron chi connectivity index (χ3n) is 3.19. The number of likely N-dealkylation sites (tertiary alicyclic amines) is 1. The number of phenolic OH excluding ortho intramolecular Hbond substituents is 1. The van der Waals surface area contributed by atoms with Crippen LogP contribution < -0.4 is 0 Å². The number of ether oxygens (including phenoxy) is 1. The monoisotopic (exact) mass is 263 g/mol. The molecule has 1 N–H and O–H groups in total. The van der Waals surface area contributed by atoms with Crippen molar-refractivity contribution < 1.29 is 19.4 Å². The molecule has 0 spiro atoms. The van der Waals surface area contributed by atoms with E-state index in [0.29, 0.717) is 25.1 Å². The SMILES string of the molecule is CCOC(=O)C1CCCN1C(=O)c1ccc(O)cc1. The van der Waals surface area contributed by atoms with Crippen molar-refractivity contribution in [3.8, 4) is 5.75 Å². The summed E-state index contributed by atoms with van der Waals surface area (Å²) in [6, 6.07) is 5.54. The maximum Gasteiger partial charge on any atom is 0.328 e. The van der Waals surface area contributed by atoms with E-state index in [2.05, 4.69) is 0 Å². The molecule has 1 aromatic rings. The number of esters is 1. The molecule has 1 aliphatic rings. The number of carbonyl (C=O) groups excluding carboxylic acids is 2. The number of benzene rings is 1. The van der Waals surface area contributed by atoms with E-state index in [1.165, 1.54) is 12.1 Å². The summed E-state index contributed by atoms with van der Waals surface area (Å²) in [7, 11) is 0. The van der Waals surface area contributed by atoms with Crippen LogP contribution in [0.5, 0.6) is 5.75 Å². The highest BCUT2D eigenvalue weighted by Gasteiger charge is 2.35. The average Bonchev–Trinajstić information content (AvgIpc) is 2.88. The normalized spacial score (nSPS) is 18.4. The Bertz CT molecular complexity index is 469. The second-order valence-electron chi connectivity index (χ2n) is 4.46. The van der Waals surface area contributed by atoms with Crippen LogP contribution in [0.1, 0.15) is 30.1 Å². The van der Waals surface area contributed by atoms with Gasteiger partial charge in [-0.05, 0) is 44.0 Å². The van der Waals surface area contributed by atoms with Gasteiger partial charge in [-0.3, -0.25) is 4.79 Å². The highest BCUT2D eigenvalue weighted by Crippen LogP contribution is 2.22. The summed E-state index contributed by atoms with van der Waals surface area (Å²) >= 11 is 0. The molecule has 0 aromatic heterocycles. The third-order valence-corrected chi connectivity index (χ3v) is 3.19. The number of carbonyl (C=O) groups is 2. The van der Waals surface area contributed by atoms with Crippen LogP contribution in [-0.4, -0.2) is 41.1 Å². The van der Waals surface area contributed by atoms with Crippen LogP contribution >= 0.6 is 0 Å².